The molecular weight excluding hydrogens is 310 g/mol. The molecule has 0 saturated carbocycles. The number of carbonyl (C=O) groups is 2. The quantitative estimate of drug-likeness (QED) is 0.572. The van der Waals surface area contributed by atoms with Crippen molar-refractivity contribution in [1.82, 2.24) is 5.32 Å². The Morgan fingerprint density at radius 1 is 1.04 bits per heavy atom. The number of anilines is 2. The van der Waals surface area contributed by atoms with E-state index in [1.54, 1.807) is 24.3 Å². The van der Waals surface area contributed by atoms with Crippen LogP contribution in [-0.2, 0) is 14.3 Å². The van der Waals surface area contributed by atoms with Gasteiger partial charge < -0.3 is 25.4 Å². The van der Waals surface area contributed by atoms with Crippen molar-refractivity contribution in [3.63, 3.8) is 0 Å². The highest BCUT2D eigenvalue weighted by atomic mass is 16.5. The second-order valence-corrected chi connectivity index (χ2v) is 5.73. The summed E-state index contributed by atoms with van der Waals surface area (Å²) in [4.78, 5) is 23.1. The SMILES string of the molecule is COCC(=O)Nc1ccc(NC(=O)NCCOCCC(C)C)cc1. The average molecular weight is 337 g/mol. The number of carbonyl (C=O) groups excluding carboxylic acids is 2. The highest BCUT2D eigenvalue weighted by Crippen LogP contribution is 2.13. The van der Waals surface area contributed by atoms with Gasteiger partial charge in [-0.05, 0) is 36.6 Å². The maximum absolute atomic E-state index is 11.7. The topological polar surface area (TPSA) is 88.7 Å². The smallest absolute Gasteiger partial charge is 0.319 e. The van der Waals surface area contributed by atoms with Crippen molar-refractivity contribution in [2.45, 2.75) is 20.3 Å². The highest BCUT2D eigenvalue weighted by Gasteiger charge is 2.03. The van der Waals surface area contributed by atoms with Gasteiger partial charge in [-0.2, -0.15) is 0 Å². The van der Waals surface area contributed by atoms with Gasteiger partial charge in [-0.3, -0.25) is 4.79 Å². The Morgan fingerprint density at radius 3 is 2.25 bits per heavy atom. The fraction of sp³-hybridized carbons (Fsp3) is 0.529. The molecule has 0 bridgehead atoms. The molecule has 0 heterocycles. The monoisotopic (exact) mass is 337 g/mol. The third-order valence-electron chi connectivity index (χ3n) is 3.07. The molecule has 7 heteroatoms. The molecule has 24 heavy (non-hydrogen) atoms. The molecule has 0 spiro atoms. The second kappa shape index (κ2) is 11.4. The van der Waals surface area contributed by atoms with E-state index in [-0.39, 0.29) is 18.5 Å². The number of benzene rings is 1. The van der Waals surface area contributed by atoms with Gasteiger partial charge in [-0.25, -0.2) is 4.79 Å². The van der Waals surface area contributed by atoms with Gasteiger partial charge in [0.15, 0.2) is 0 Å². The Hall–Kier alpha value is -2.12. The van der Waals surface area contributed by atoms with Crippen LogP contribution in [0.25, 0.3) is 0 Å². The van der Waals surface area contributed by atoms with Gasteiger partial charge in [0.05, 0.1) is 6.61 Å². The largest absolute Gasteiger partial charge is 0.380 e. The first-order valence-corrected chi connectivity index (χ1v) is 8.02. The van der Waals surface area contributed by atoms with E-state index in [4.69, 9.17) is 9.47 Å². The van der Waals surface area contributed by atoms with E-state index >= 15 is 0 Å². The fourth-order valence-corrected chi connectivity index (χ4v) is 1.80. The molecular formula is C17H27N3O4. The number of hydrogen-bond acceptors (Lipinski definition) is 4. The molecule has 0 aliphatic heterocycles. The lowest BCUT2D eigenvalue weighted by atomic mass is 10.1. The number of ether oxygens (including phenoxy) is 2. The Labute approximate surface area is 143 Å². The Balaban J connectivity index is 2.23. The summed E-state index contributed by atoms with van der Waals surface area (Å²) in [7, 11) is 1.46. The maximum atomic E-state index is 11.7. The minimum absolute atomic E-state index is 0.00163. The van der Waals surface area contributed by atoms with Crippen LogP contribution in [0, 0.1) is 5.92 Å². The molecule has 0 unspecified atom stereocenters. The van der Waals surface area contributed by atoms with Crippen molar-refractivity contribution in [2.24, 2.45) is 5.92 Å². The predicted molar refractivity (Wildman–Crippen MR) is 94.2 cm³/mol. The third kappa shape index (κ3) is 9.12. The fourth-order valence-electron chi connectivity index (χ4n) is 1.80. The van der Waals surface area contributed by atoms with Gasteiger partial charge >= 0.3 is 6.03 Å². The second-order valence-electron chi connectivity index (χ2n) is 5.73. The number of methoxy groups -OCH3 is 1. The highest BCUT2D eigenvalue weighted by molar-refractivity contribution is 5.93. The standard InChI is InChI=1S/C17H27N3O4/c1-13(2)8-10-24-11-9-18-17(22)20-15-6-4-14(5-7-15)19-16(21)12-23-3/h4-7,13H,8-12H2,1-3H3,(H,19,21)(H2,18,20,22). The lowest BCUT2D eigenvalue weighted by molar-refractivity contribution is -0.119. The molecule has 0 aliphatic rings. The van der Waals surface area contributed by atoms with Crippen LogP contribution in [0.5, 0.6) is 0 Å². The molecule has 0 saturated heterocycles. The van der Waals surface area contributed by atoms with Crippen molar-refractivity contribution in [2.75, 3.05) is 44.1 Å². The lowest BCUT2D eigenvalue weighted by Crippen LogP contribution is -2.31. The molecule has 1 rings (SSSR count). The zero-order chi connectivity index (χ0) is 17.8. The molecule has 3 amide bonds. The summed E-state index contributed by atoms with van der Waals surface area (Å²) >= 11 is 0. The van der Waals surface area contributed by atoms with Gasteiger partial charge in [0.1, 0.15) is 6.61 Å². The Kier molecular flexibility index (Phi) is 9.48. The first-order chi connectivity index (χ1) is 11.5. The zero-order valence-corrected chi connectivity index (χ0v) is 14.6. The number of nitrogens with one attached hydrogen (secondary N) is 3. The van der Waals surface area contributed by atoms with E-state index in [0.717, 1.165) is 6.42 Å². The normalized spacial score (nSPS) is 10.5. The van der Waals surface area contributed by atoms with E-state index in [9.17, 15) is 9.59 Å². The van der Waals surface area contributed by atoms with Crippen LogP contribution in [0.4, 0.5) is 16.2 Å². The van der Waals surface area contributed by atoms with E-state index in [0.29, 0.717) is 37.1 Å². The zero-order valence-electron chi connectivity index (χ0n) is 14.6. The number of rotatable bonds is 10. The predicted octanol–water partition coefficient (Wildman–Crippen LogP) is 2.46. The summed E-state index contributed by atoms with van der Waals surface area (Å²) in [6.45, 7) is 5.94. The molecule has 3 N–H and O–H groups in total. The van der Waals surface area contributed by atoms with Crippen LogP contribution in [0.2, 0.25) is 0 Å². The van der Waals surface area contributed by atoms with Crippen LogP contribution in [-0.4, -0.2) is 45.4 Å². The molecule has 7 nitrogen and oxygen atoms in total. The van der Waals surface area contributed by atoms with E-state index in [1.807, 2.05) is 0 Å². The summed E-state index contributed by atoms with van der Waals surface area (Å²) < 4.78 is 10.2. The van der Waals surface area contributed by atoms with Crippen molar-refractivity contribution < 1.29 is 19.1 Å². The maximum Gasteiger partial charge on any atom is 0.319 e. The molecule has 1 aromatic rings. The van der Waals surface area contributed by atoms with E-state index in [2.05, 4.69) is 29.8 Å². The Bertz CT molecular complexity index is 503. The summed E-state index contributed by atoms with van der Waals surface area (Å²) in [5.74, 6) is 0.386. The van der Waals surface area contributed by atoms with Crippen LogP contribution in [0.1, 0.15) is 20.3 Å². The van der Waals surface area contributed by atoms with Crippen molar-refractivity contribution >= 4 is 23.3 Å². The minimum atomic E-state index is -0.293. The molecule has 0 aromatic heterocycles. The molecule has 0 fully saturated rings. The molecule has 0 atom stereocenters. The van der Waals surface area contributed by atoms with Gasteiger partial charge in [-0.15, -0.1) is 0 Å². The summed E-state index contributed by atoms with van der Waals surface area (Å²) in [6, 6.07) is 6.54. The van der Waals surface area contributed by atoms with Crippen LogP contribution in [0.3, 0.4) is 0 Å². The third-order valence-corrected chi connectivity index (χ3v) is 3.07. The number of amides is 3. The van der Waals surface area contributed by atoms with Gasteiger partial charge in [0.25, 0.3) is 0 Å². The first kappa shape index (κ1) is 19.9. The van der Waals surface area contributed by atoms with Crippen LogP contribution in [0.15, 0.2) is 24.3 Å². The molecule has 1 aromatic carbocycles. The Morgan fingerprint density at radius 2 is 1.67 bits per heavy atom. The lowest BCUT2D eigenvalue weighted by Gasteiger charge is -2.10. The minimum Gasteiger partial charge on any atom is -0.380 e. The van der Waals surface area contributed by atoms with Gasteiger partial charge in [0, 0.05) is 31.6 Å². The molecule has 0 radical (unpaired) electrons. The van der Waals surface area contributed by atoms with E-state index < -0.39 is 0 Å². The van der Waals surface area contributed by atoms with E-state index in [1.165, 1.54) is 7.11 Å². The first-order valence-electron chi connectivity index (χ1n) is 8.02. The average Bonchev–Trinajstić information content (AvgIpc) is 2.52. The van der Waals surface area contributed by atoms with Crippen molar-refractivity contribution in [3.8, 4) is 0 Å². The van der Waals surface area contributed by atoms with Crippen LogP contribution >= 0.6 is 0 Å². The van der Waals surface area contributed by atoms with Gasteiger partial charge in [-0.1, -0.05) is 13.8 Å². The van der Waals surface area contributed by atoms with Crippen molar-refractivity contribution in [3.05, 3.63) is 24.3 Å². The summed E-state index contributed by atoms with van der Waals surface area (Å²) in [6.07, 6.45) is 1.01. The number of urea groups is 1. The van der Waals surface area contributed by atoms with Crippen molar-refractivity contribution in [1.29, 1.82) is 0 Å². The summed E-state index contributed by atoms with van der Waals surface area (Å²) in [5, 5.41) is 8.11. The van der Waals surface area contributed by atoms with Crippen LogP contribution < -0.4 is 16.0 Å². The molecule has 134 valence electrons. The molecule has 0 aliphatic carbocycles. The van der Waals surface area contributed by atoms with Gasteiger partial charge in [0.2, 0.25) is 5.91 Å². The summed E-state index contributed by atoms with van der Waals surface area (Å²) in [5.41, 5.74) is 1.28. The number of hydrogen-bond donors (Lipinski definition) is 3.